The minimum absolute atomic E-state index is 0.109. The Morgan fingerprint density at radius 3 is 1.36 bits per heavy atom. The van der Waals surface area contributed by atoms with Crippen LogP contribution >= 0.6 is 0 Å². The summed E-state index contributed by atoms with van der Waals surface area (Å²) in [5, 5.41) is 14.4. The number of nitrogens with two attached hydrogens (primary N) is 1. The maximum absolute atomic E-state index is 12.2. The quantitative estimate of drug-likeness (QED) is 0.509. The van der Waals surface area contributed by atoms with E-state index in [0.717, 1.165) is 0 Å². The van der Waals surface area contributed by atoms with Gasteiger partial charge in [-0.25, -0.2) is 4.79 Å². The van der Waals surface area contributed by atoms with E-state index in [0.29, 0.717) is 28.2 Å². The van der Waals surface area contributed by atoms with Gasteiger partial charge in [-0.2, -0.15) is 0 Å². The second-order valence-corrected chi connectivity index (χ2v) is 5.99. The number of hydrogen-bond donors (Lipinski definition) is 4. The number of carboxylic acid groups (broad SMARTS) is 1. The molecule has 3 aromatic carbocycles. The lowest BCUT2D eigenvalue weighted by molar-refractivity contribution is 0.0696. The third-order valence-corrected chi connectivity index (χ3v) is 3.97. The number of aromatic carboxylic acids is 1. The van der Waals surface area contributed by atoms with Gasteiger partial charge >= 0.3 is 5.97 Å². The van der Waals surface area contributed by atoms with Gasteiger partial charge in [-0.05, 0) is 72.8 Å². The van der Waals surface area contributed by atoms with Gasteiger partial charge in [0.1, 0.15) is 0 Å². The normalized spacial score (nSPS) is 10.1. The molecular weight excluding hydrogens is 358 g/mol. The predicted octanol–water partition coefficient (Wildman–Crippen LogP) is 3.47. The molecule has 2 amide bonds. The van der Waals surface area contributed by atoms with Crippen molar-refractivity contribution in [3.8, 4) is 0 Å². The average molecular weight is 375 g/mol. The second-order valence-electron chi connectivity index (χ2n) is 5.99. The summed E-state index contributed by atoms with van der Waals surface area (Å²) in [5.41, 5.74) is 8.23. The third-order valence-electron chi connectivity index (χ3n) is 3.97. The molecule has 7 nitrogen and oxygen atoms in total. The summed E-state index contributed by atoms with van der Waals surface area (Å²) in [5.74, 6) is -1.69. The fourth-order valence-corrected chi connectivity index (χ4v) is 2.44. The van der Waals surface area contributed by atoms with Crippen molar-refractivity contribution in [2.75, 3.05) is 16.4 Å². The van der Waals surface area contributed by atoms with Crippen LogP contribution in [0.5, 0.6) is 0 Å². The molecule has 0 atom stereocenters. The fraction of sp³-hybridized carbons (Fsp3) is 0. The molecule has 0 aliphatic carbocycles. The van der Waals surface area contributed by atoms with Gasteiger partial charge in [0, 0.05) is 28.2 Å². The van der Waals surface area contributed by atoms with Crippen LogP contribution in [0.25, 0.3) is 0 Å². The summed E-state index contributed by atoms with van der Waals surface area (Å²) < 4.78 is 0. The molecule has 3 rings (SSSR count). The van der Waals surface area contributed by atoms with Crippen LogP contribution in [0.15, 0.2) is 72.8 Å². The Balaban J connectivity index is 1.62. The largest absolute Gasteiger partial charge is 0.478 e. The van der Waals surface area contributed by atoms with E-state index in [1.54, 1.807) is 48.5 Å². The minimum Gasteiger partial charge on any atom is -0.478 e. The number of amides is 2. The van der Waals surface area contributed by atoms with Crippen molar-refractivity contribution in [2.45, 2.75) is 0 Å². The zero-order chi connectivity index (χ0) is 20.1. The molecule has 0 unspecified atom stereocenters. The standard InChI is InChI=1S/C21H17N3O4/c22-16-7-5-14(6-8-16)20(26)24-18-11-9-17(10-12-18)23-19(25)13-1-3-15(4-2-13)21(27)28/h1-12H,22H2,(H,23,25)(H,24,26)(H,27,28). The molecule has 3 aromatic rings. The van der Waals surface area contributed by atoms with E-state index < -0.39 is 5.97 Å². The van der Waals surface area contributed by atoms with E-state index in [2.05, 4.69) is 10.6 Å². The molecule has 0 aliphatic rings. The first-order valence-electron chi connectivity index (χ1n) is 8.34. The van der Waals surface area contributed by atoms with E-state index in [1.165, 1.54) is 24.3 Å². The minimum atomic E-state index is -1.05. The zero-order valence-corrected chi connectivity index (χ0v) is 14.7. The summed E-state index contributed by atoms with van der Waals surface area (Å²) in [6.07, 6.45) is 0. The lowest BCUT2D eigenvalue weighted by atomic mass is 10.1. The van der Waals surface area contributed by atoms with Crippen molar-refractivity contribution in [3.63, 3.8) is 0 Å². The number of hydrogen-bond acceptors (Lipinski definition) is 4. The van der Waals surface area contributed by atoms with Crippen LogP contribution in [0.2, 0.25) is 0 Å². The number of rotatable bonds is 5. The molecule has 0 aliphatic heterocycles. The van der Waals surface area contributed by atoms with Gasteiger partial charge in [0.15, 0.2) is 0 Å². The van der Waals surface area contributed by atoms with Crippen molar-refractivity contribution in [1.29, 1.82) is 0 Å². The molecule has 0 saturated carbocycles. The van der Waals surface area contributed by atoms with Gasteiger partial charge in [-0.3, -0.25) is 9.59 Å². The lowest BCUT2D eigenvalue weighted by Gasteiger charge is -2.08. The first kappa shape index (κ1) is 18.7. The molecule has 7 heteroatoms. The smallest absolute Gasteiger partial charge is 0.335 e. The molecule has 0 heterocycles. The first-order chi connectivity index (χ1) is 13.4. The highest BCUT2D eigenvalue weighted by atomic mass is 16.4. The Hall–Kier alpha value is -4.13. The number of carbonyl (C=O) groups excluding carboxylic acids is 2. The van der Waals surface area contributed by atoms with E-state index in [9.17, 15) is 14.4 Å². The summed E-state index contributed by atoms with van der Waals surface area (Å²) in [6.45, 7) is 0. The molecule has 0 fully saturated rings. The Kier molecular flexibility index (Phi) is 5.36. The van der Waals surface area contributed by atoms with Crippen molar-refractivity contribution in [3.05, 3.63) is 89.5 Å². The number of anilines is 3. The van der Waals surface area contributed by atoms with Crippen LogP contribution in [0.1, 0.15) is 31.1 Å². The number of nitrogens with one attached hydrogen (secondary N) is 2. The third kappa shape index (κ3) is 4.53. The molecule has 28 heavy (non-hydrogen) atoms. The summed E-state index contributed by atoms with van der Waals surface area (Å²) in [6, 6.07) is 18.8. The van der Waals surface area contributed by atoms with Crippen LogP contribution in [-0.4, -0.2) is 22.9 Å². The van der Waals surface area contributed by atoms with Gasteiger partial charge in [-0.1, -0.05) is 0 Å². The topological polar surface area (TPSA) is 122 Å². The molecule has 140 valence electrons. The van der Waals surface area contributed by atoms with Gasteiger partial charge in [-0.15, -0.1) is 0 Å². The fourth-order valence-electron chi connectivity index (χ4n) is 2.44. The Morgan fingerprint density at radius 1 is 0.607 bits per heavy atom. The highest BCUT2D eigenvalue weighted by molar-refractivity contribution is 6.06. The van der Waals surface area contributed by atoms with Crippen LogP contribution in [0.4, 0.5) is 17.1 Å². The van der Waals surface area contributed by atoms with E-state index in [1.807, 2.05) is 0 Å². The Morgan fingerprint density at radius 2 is 0.964 bits per heavy atom. The van der Waals surface area contributed by atoms with Crippen molar-refractivity contribution in [1.82, 2.24) is 0 Å². The Labute approximate surface area is 160 Å². The monoisotopic (exact) mass is 375 g/mol. The van der Waals surface area contributed by atoms with Crippen molar-refractivity contribution < 1.29 is 19.5 Å². The van der Waals surface area contributed by atoms with Gasteiger partial charge < -0.3 is 21.5 Å². The zero-order valence-electron chi connectivity index (χ0n) is 14.7. The summed E-state index contributed by atoms with van der Waals surface area (Å²) in [7, 11) is 0. The van der Waals surface area contributed by atoms with Gasteiger partial charge in [0.2, 0.25) is 0 Å². The van der Waals surface area contributed by atoms with Crippen LogP contribution in [0, 0.1) is 0 Å². The van der Waals surface area contributed by atoms with E-state index in [-0.39, 0.29) is 17.4 Å². The Bertz CT molecular complexity index is 1010. The van der Waals surface area contributed by atoms with Crippen molar-refractivity contribution in [2.24, 2.45) is 0 Å². The molecule has 0 spiro atoms. The first-order valence-corrected chi connectivity index (χ1v) is 8.34. The maximum Gasteiger partial charge on any atom is 0.335 e. The number of benzene rings is 3. The molecule has 0 radical (unpaired) electrons. The van der Waals surface area contributed by atoms with Gasteiger partial charge in [0.25, 0.3) is 11.8 Å². The van der Waals surface area contributed by atoms with Crippen LogP contribution in [-0.2, 0) is 0 Å². The van der Waals surface area contributed by atoms with E-state index in [4.69, 9.17) is 10.8 Å². The molecule has 0 aromatic heterocycles. The predicted molar refractivity (Wildman–Crippen MR) is 107 cm³/mol. The van der Waals surface area contributed by atoms with E-state index >= 15 is 0 Å². The number of nitrogen functional groups attached to an aromatic ring is 1. The second kappa shape index (κ2) is 8.05. The maximum atomic E-state index is 12.2. The van der Waals surface area contributed by atoms with Gasteiger partial charge in [0.05, 0.1) is 5.56 Å². The van der Waals surface area contributed by atoms with Crippen LogP contribution in [0.3, 0.4) is 0 Å². The molecular formula is C21H17N3O4. The SMILES string of the molecule is Nc1ccc(C(=O)Nc2ccc(NC(=O)c3ccc(C(=O)O)cc3)cc2)cc1. The molecule has 0 saturated heterocycles. The summed E-state index contributed by atoms with van der Waals surface area (Å²) in [4.78, 5) is 35.3. The number of carbonyl (C=O) groups is 3. The molecule has 5 N–H and O–H groups in total. The lowest BCUT2D eigenvalue weighted by Crippen LogP contribution is -2.13. The molecule has 0 bridgehead atoms. The number of carboxylic acids is 1. The van der Waals surface area contributed by atoms with Crippen LogP contribution < -0.4 is 16.4 Å². The highest BCUT2D eigenvalue weighted by Gasteiger charge is 2.09. The van der Waals surface area contributed by atoms with Crippen molar-refractivity contribution >= 4 is 34.8 Å². The summed E-state index contributed by atoms with van der Waals surface area (Å²) >= 11 is 0. The highest BCUT2D eigenvalue weighted by Crippen LogP contribution is 2.16. The average Bonchev–Trinajstić information content (AvgIpc) is 2.70.